The largest absolute Gasteiger partial charge is 0.469 e. The molecule has 0 bridgehead atoms. The summed E-state index contributed by atoms with van der Waals surface area (Å²) in [6, 6.07) is 3.97. The summed E-state index contributed by atoms with van der Waals surface area (Å²) in [5.74, 6) is -0.176. The molecule has 0 saturated carbocycles. The average Bonchev–Trinajstić information content (AvgIpc) is 2.76. The zero-order chi connectivity index (χ0) is 11.8. The number of methoxy groups -OCH3 is 1. The Bertz CT molecular complexity index is 382. The van der Waals surface area contributed by atoms with Crippen LogP contribution in [0.25, 0.3) is 0 Å². The van der Waals surface area contributed by atoms with Crippen molar-refractivity contribution < 1.29 is 9.53 Å². The van der Waals surface area contributed by atoms with Gasteiger partial charge in [0.1, 0.15) is 6.07 Å². The zero-order valence-electron chi connectivity index (χ0n) is 9.16. The van der Waals surface area contributed by atoms with Crippen LogP contribution in [-0.2, 0) is 16.1 Å². The Labute approximate surface area is 98.8 Å². The van der Waals surface area contributed by atoms with Crippen LogP contribution in [0.3, 0.4) is 0 Å². The predicted octanol–water partition coefficient (Wildman–Crippen LogP) is 1.66. The highest BCUT2D eigenvalue weighted by atomic mass is 32.1. The van der Waals surface area contributed by atoms with Crippen molar-refractivity contribution in [2.45, 2.75) is 19.4 Å². The Hall–Kier alpha value is -1.38. The Morgan fingerprint density at radius 2 is 2.50 bits per heavy atom. The van der Waals surface area contributed by atoms with E-state index >= 15 is 0 Å². The molecule has 5 heteroatoms. The average molecular weight is 238 g/mol. The number of carbonyl (C=O) groups is 1. The van der Waals surface area contributed by atoms with E-state index in [1.54, 1.807) is 11.3 Å². The first kappa shape index (κ1) is 12.7. The summed E-state index contributed by atoms with van der Waals surface area (Å²) in [5.41, 5.74) is 0.705. The van der Waals surface area contributed by atoms with Crippen molar-refractivity contribution in [1.82, 2.24) is 5.32 Å². The molecular formula is C11H14N2O2S. The summed E-state index contributed by atoms with van der Waals surface area (Å²) >= 11 is 1.57. The molecule has 0 amide bonds. The molecule has 1 N–H and O–H groups in total. The van der Waals surface area contributed by atoms with E-state index in [4.69, 9.17) is 5.26 Å². The number of nitriles is 1. The first-order chi connectivity index (χ1) is 7.76. The molecule has 1 heterocycles. The third kappa shape index (κ3) is 4.43. The van der Waals surface area contributed by atoms with E-state index in [9.17, 15) is 4.79 Å². The molecule has 0 radical (unpaired) electrons. The standard InChI is InChI=1S/C11H14N2O2S/c1-15-11(14)3-2-4-13-7-10-5-9(6-12)8-16-10/h5,8,13H,2-4,7H2,1H3. The van der Waals surface area contributed by atoms with Gasteiger partial charge in [-0.1, -0.05) is 0 Å². The number of nitrogens with zero attached hydrogens (tertiary/aromatic N) is 1. The number of rotatable bonds is 6. The fourth-order valence-electron chi connectivity index (χ4n) is 1.20. The van der Waals surface area contributed by atoms with E-state index in [1.807, 2.05) is 11.4 Å². The number of thiophene rings is 1. The second kappa shape index (κ2) is 6.99. The second-order valence-corrected chi connectivity index (χ2v) is 4.27. The summed E-state index contributed by atoms with van der Waals surface area (Å²) in [6.07, 6.45) is 1.21. The minimum atomic E-state index is -0.176. The fraction of sp³-hybridized carbons (Fsp3) is 0.455. The second-order valence-electron chi connectivity index (χ2n) is 3.27. The van der Waals surface area contributed by atoms with E-state index in [2.05, 4.69) is 16.1 Å². The van der Waals surface area contributed by atoms with Gasteiger partial charge >= 0.3 is 5.97 Å². The lowest BCUT2D eigenvalue weighted by molar-refractivity contribution is -0.140. The van der Waals surface area contributed by atoms with Crippen LogP contribution in [0.2, 0.25) is 0 Å². The van der Waals surface area contributed by atoms with Crippen LogP contribution >= 0.6 is 11.3 Å². The van der Waals surface area contributed by atoms with E-state index in [0.717, 1.165) is 24.4 Å². The number of hydrogen-bond donors (Lipinski definition) is 1. The Balaban J connectivity index is 2.12. The van der Waals surface area contributed by atoms with Crippen molar-refractivity contribution in [3.63, 3.8) is 0 Å². The van der Waals surface area contributed by atoms with E-state index in [0.29, 0.717) is 12.0 Å². The molecular weight excluding hydrogens is 224 g/mol. The number of nitrogens with one attached hydrogen (secondary N) is 1. The molecule has 1 aromatic rings. The van der Waals surface area contributed by atoms with Crippen LogP contribution < -0.4 is 5.32 Å². The molecule has 0 saturated heterocycles. The lowest BCUT2D eigenvalue weighted by atomic mass is 10.3. The number of esters is 1. The third-order valence-corrected chi connectivity index (χ3v) is 2.98. The van der Waals surface area contributed by atoms with Gasteiger partial charge < -0.3 is 10.1 Å². The van der Waals surface area contributed by atoms with Gasteiger partial charge in [-0.05, 0) is 19.0 Å². The maximum absolute atomic E-state index is 10.8. The molecule has 0 aliphatic heterocycles. The van der Waals surface area contributed by atoms with Gasteiger partial charge in [-0.2, -0.15) is 5.26 Å². The summed E-state index contributed by atoms with van der Waals surface area (Å²) in [5, 5.41) is 13.7. The van der Waals surface area contributed by atoms with Crippen LogP contribution in [0.15, 0.2) is 11.4 Å². The molecule has 0 aliphatic carbocycles. The molecule has 0 aromatic carbocycles. The topological polar surface area (TPSA) is 62.1 Å². The van der Waals surface area contributed by atoms with Crippen LogP contribution in [0, 0.1) is 11.3 Å². The van der Waals surface area contributed by atoms with E-state index in [-0.39, 0.29) is 5.97 Å². The number of ether oxygens (including phenoxy) is 1. The normalized spacial score (nSPS) is 9.75. The first-order valence-electron chi connectivity index (χ1n) is 5.01. The molecule has 16 heavy (non-hydrogen) atoms. The van der Waals surface area contributed by atoms with E-state index < -0.39 is 0 Å². The smallest absolute Gasteiger partial charge is 0.305 e. The fourth-order valence-corrected chi connectivity index (χ4v) is 1.98. The number of carbonyl (C=O) groups excluding carboxylic acids is 1. The molecule has 1 aromatic heterocycles. The van der Waals surface area contributed by atoms with Crippen LogP contribution in [0.4, 0.5) is 0 Å². The van der Waals surface area contributed by atoms with Gasteiger partial charge in [0.15, 0.2) is 0 Å². The molecule has 0 aliphatic rings. The minimum Gasteiger partial charge on any atom is -0.469 e. The molecule has 0 unspecified atom stereocenters. The predicted molar refractivity (Wildman–Crippen MR) is 62.0 cm³/mol. The molecule has 1 rings (SSSR count). The van der Waals surface area contributed by atoms with E-state index in [1.165, 1.54) is 7.11 Å². The maximum atomic E-state index is 10.8. The highest BCUT2D eigenvalue weighted by molar-refractivity contribution is 7.10. The highest BCUT2D eigenvalue weighted by Crippen LogP contribution is 2.13. The van der Waals surface area contributed by atoms with Gasteiger partial charge in [0.25, 0.3) is 0 Å². The molecule has 0 atom stereocenters. The SMILES string of the molecule is COC(=O)CCCNCc1cc(C#N)cs1. The third-order valence-electron chi connectivity index (χ3n) is 2.04. The molecule has 4 nitrogen and oxygen atoms in total. The Kier molecular flexibility index (Phi) is 5.54. The lowest BCUT2D eigenvalue weighted by Gasteiger charge is -2.01. The Morgan fingerprint density at radius 1 is 1.69 bits per heavy atom. The minimum absolute atomic E-state index is 0.176. The van der Waals surface area contributed by atoms with Crippen molar-refractivity contribution in [3.05, 3.63) is 21.9 Å². The first-order valence-corrected chi connectivity index (χ1v) is 5.89. The van der Waals surface area contributed by atoms with Gasteiger partial charge in [0.05, 0.1) is 12.7 Å². The molecule has 86 valence electrons. The van der Waals surface area contributed by atoms with Crippen LogP contribution in [-0.4, -0.2) is 19.6 Å². The highest BCUT2D eigenvalue weighted by Gasteiger charge is 2.00. The van der Waals surface area contributed by atoms with Gasteiger partial charge in [0.2, 0.25) is 0 Å². The number of hydrogen-bond acceptors (Lipinski definition) is 5. The molecule has 0 spiro atoms. The zero-order valence-corrected chi connectivity index (χ0v) is 9.97. The van der Waals surface area contributed by atoms with Gasteiger partial charge in [-0.15, -0.1) is 11.3 Å². The van der Waals surface area contributed by atoms with Crippen molar-refractivity contribution in [2.24, 2.45) is 0 Å². The molecule has 0 fully saturated rings. The summed E-state index contributed by atoms with van der Waals surface area (Å²) in [7, 11) is 1.39. The van der Waals surface area contributed by atoms with Crippen LogP contribution in [0.5, 0.6) is 0 Å². The Morgan fingerprint density at radius 3 is 3.12 bits per heavy atom. The van der Waals surface area contributed by atoms with Crippen LogP contribution in [0.1, 0.15) is 23.3 Å². The quantitative estimate of drug-likeness (QED) is 0.605. The van der Waals surface area contributed by atoms with Gasteiger partial charge in [-0.3, -0.25) is 4.79 Å². The monoisotopic (exact) mass is 238 g/mol. The van der Waals surface area contributed by atoms with Crippen molar-refractivity contribution in [2.75, 3.05) is 13.7 Å². The summed E-state index contributed by atoms with van der Waals surface area (Å²) in [4.78, 5) is 11.9. The van der Waals surface area contributed by atoms with Crippen molar-refractivity contribution in [3.8, 4) is 6.07 Å². The van der Waals surface area contributed by atoms with Crippen molar-refractivity contribution >= 4 is 17.3 Å². The van der Waals surface area contributed by atoms with Gasteiger partial charge in [0, 0.05) is 23.2 Å². The van der Waals surface area contributed by atoms with Gasteiger partial charge in [-0.25, -0.2) is 0 Å². The summed E-state index contributed by atoms with van der Waals surface area (Å²) < 4.78 is 4.53. The lowest BCUT2D eigenvalue weighted by Crippen LogP contribution is -2.15. The summed E-state index contributed by atoms with van der Waals surface area (Å²) in [6.45, 7) is 1.52. The maximum Gasteiger partial charge on any atom is 0.305 e. The van der Waals surface area contributed by atoms with Crippen molar-refractivity contribution in [1.29, 1.82) is 5.26 Å².